The lowest BCUT2D eigenvalue weighted by Crippen LogP contribution is -2.06. The highest BCUT2D eigenvalue weighted by molar-refractivity contribution is 5.85. The topological polar surface area (TPSA) is 77.1 Å². The Balaban J connectivity index is 2.14. The minimum absolute atomic E-state index is 0.0187. The molecule has 0 fully saturated rings. The fourth-order valence-electron chi connectivity index (χ4n) is 1.47. The molecule has 8 heteroatoms. The molecular formula is C12H11F2N3O3. The van der Waals surface area contributed by atoms with Gasteiger partial charge < -0.3 is 9.47 Å². The van der Waals surface area contributed by atoms with Crippen LogP contribution in [0.3, 0.4) is 0 Å². The summed E-state index contributed by atoms with van der Waals surface area (Å²) in [5, 5.41) is 6.30. The van der Waals surface area contributed by atoms with Gasteiger partial charge in [-0.25, -0.2) is 9.78 Å². The van der Waals surface area contributed by atoms with Gasteiger partial charge in [-0.3, -0.25) is 5.10 Å². The first-order valence-corrected chi connectivity index (χ1v) is 5.75. The van der Waals surface area contributed by atoms with Gasteiger partial charge in [0, 0.05) is 5.56 Å². The second kappa shape index (κ2) is 6.09. The largest absolute Gasteiger partial charge is 0.460 e. The molecule has 6 nitrogen and oxygen atoms in total. The Morgan fingerprint density at radius 1 is 1.35 bits per heavy atom. The van der Waals surface area contributed by atoms with Crippen LogP contribution in [0.15, 0.2) is 24.3 Å². The van der Waals surface area contributed by atoms with Gasteiger partial charge in [0.05, 0.1) is 6.61 Å². The zero-order valence-corrected chi connectivity index (χ0v) is 10.5. The second-order valence-electron chi connectivity index (χ2n) is 3.63. The van der Waals surface area contributed by atoms with Gasteiger partial charge in [-0.05, 0) is 31.2 Å². The van der Waals surface area contributed by atoms with Crippen LogP contribution < -0.4 is 4.74 Å². The van der Waals surface area contributed by atoms with E-state index in [1.165, 1.54) is 24.3 Å². The number of aromatic nitrogens is 3. The van der Waals surface area contributed by atoms with Gasteiger partial charge in [-0.15, -0.1) is 0 Å². The van der Waals surface area contributed by atoms with E-state index in [9.17, 15) is 13.6 Å². The van der Waals surface area contributed by atoms with Gasteiger partial charge in [0.25, 0.3) is 0 Å². The fourth-order valence-corrected chi connectivity index (χ4v) is 1.47. The highest BCUT2D eigenvalue weighted by atomic mass is 19.3. The third kappa shape index (κ3) is 3.28. The maximum Gasteiger partial charge on any atom is 0.387 e. The zero-order chi connectivity index (χ0) is 14.5. The van der Waals surface area contributed by atoms with E-state index in [-0.39, 0.29) is 24.0 Å². The number of ether oxygens (including phenoxy) is 2. The Kier molecular flexibility index (Phi) is 4.24. The van der Waals surface area contributed by atoms with Crippen LogP contribution in [0, 0.1) is 0 Å². The summed E-state index contributed by atoms with van der Waals surface area (Å²) in [6.07, 6.45) is 0. The number of hydrogen-bond acceptors (Lipinski definition) is 5. The fraction of sp³-hybridized carbons (Fsp3) is 0.250. The Labute approximate surface area is 112 Å². The molecule has 0 saturated heterocycles. The van der Waals surface area contributed by atoms with Crippen molar-refractivity contribution in [2.75, 3.05) is 6.61 Å². The molecule has 1 aromatic carbocycles. The van der Waals surface area contributed by atoms with Crippen molar-refractivity contribution in [3.63, 3.8) is 0 Å². The molecule has 0 aliphatic rings. The van der Waals surface area contributed by atoms with Crippen molar-refractivity contribution in [2.45, 2.75) is 13.5 Å². The molecule has 1 heterocycles. The number of alkyl halides is 2. The van der Waals surface area contributed by atoms with Crippen molar-refractivity contribution in [1.29, 1.82) is 0 Å². The van der Waals surface area contributed by atoms with E-state index >= 15 is 0 Å². The van der Waals surface area contributed by atoms with E-state index in [2.05, 4.69) is 19.9 Å². The highest BCUT2D eigenvalue weighted by Crippen LogP contribution is 2.20. The molecule has 20 heavy (non-hydrogen) atoms. The van der Waals surface area contributed by atoms with Crippen LogP contribution in [0.2, 0.25) is 0 Å². The number of aromatic amines is 1. The predicted molar refractivity (Wildman–Crippen MR) is 64.4 cm³/mol. The van der Waals surface area contributed by atoms with E-state index in [4.69, 9.17) is 4.74 Å². The third-order valence-corrected chi connectivity index (χ3v) is 2.29. The molecule has 106 valence electrons. The first kappa shape index (κ1) is 13.9. The van der Waals surface area contributed by atoms with Gasteiger partial charge in [-0.2, -0.15) is 13.9 Å². The third-order valence-electron chi connectivity index (χ3n) is 2.29. The summed E-state index contributed by atoms with van der Waals surface area (Å²) in [4.78, 5) is 15.4. The SMILES string of the molecule is CCOC(=O)c1nc(-c2ccc(OC(F)F)cc2)n[nH]1. The van der Waals surface area contributed by atoms with Crippen LogP contribution in [-0.4, -0.2) is 34.4 Å². The minimum atomic E-state index is -2.88. The number of halogens is 2. The molecule has 0 bridgehead atoms. The van der Waals surface area contributed by atoms with E-state index in [1.54, 1.807) is 6.92 Å². The van der Waals surface area contributed by atoms with E-state index in [0.29, 0.717) is 5.56 Å². The molecular weight excluding hydrogens is 272 g/mol. The van der Waals surface area contributed by atoms with E-state index < -0.39 is 12.6 Å². The molecule has 2 aromatic rings. The Hall–Kier alpha value is -2.51. The number of H-pyrrole nitrogens is 1. The standard InChI is InChI=1S/C12H11F2N3O3/c1-2-19-11(18)10-15-9(16-17-10)7-3-5-8(6-4-7)20-12(13)14/h3-6,12H,2H2,1H3,(H,15,16,17). The van der Waals surface area contributed by atoms with Crippen LogP contribution >= 0.6 is 0 Å². The number of benzene rings is 1. The average molecular weight is 283 g/mol. The molecule has 0 aliphatic heterocycles. The normalized spacial score (nSPS) is 10.6. The molecule has 1 N–H and O–H groups in total. The molecule has 2 rings (SSSR count). The lowest BCUT2D eigenvalue weighted by Gasteiger charge is -2.03. The molecule has 1 aromatic heterocycles. The predicted octanol–water partition coefficient (Wildman–Crippen LogP) is 2.25. The number of carbonyl (C=O) groups excluding carboxylic acids is 1. The molecule has 0 aliphatic carbocycles. The van der Waals surface area contributed by atoms with Crippen LogP contribution in [0.4, 0.5) is 8.78 Å². The van der Waals surface area contributed by atoms with Gasteiger partial charge in [0.1, 0.15) is 5.75 Å². The minimum Gasteiger partial charge on any atom is -0.460 e. The van der Waals surface area contributed by atoms with Crippen LogP contribution in [0.25, 0.3) is 11.4 Å². The maximum absolute atomic E-state index is 12.0. The van der Waals surface area contributed by atoms with Crippen molar-refractivity contribution in [2.24, 2.45) is 0 Å². The van der Waals surface area contributed by atoms with Gasteiger partial charge in [0.15, 0.2) is 5.82 Å². The maximum atomic E-state index is 12.0. The van der Waals surface area contributed by atoms with Crippen molar-refractivity contribution in [3.05, 3.63) is 30.1 Å². The van der Waals surface area contributed by atoms with Crippen LogP contribution in [0.1, 0.15) is 17.5 Å². The second-order valence-corrected chi connectivity index (χ2v) is 3.63. The van der Waals surface area contributed by atoms with Gasteiger partial charge >= 0.3 is 12.6 Å². The smallest absolute Gasteiger partial charge is 0.387 e. The van der Waals surface area contributed by atoms with Crippen molar-refractivity contribution < 1.29 is 23.0 Å². The summed E-state index contributed by atoms with van der Waals surface area (Å²) in [5.41, 5.74) is 0.554. The Bertz CT molecular complexity index is 584. The van der Waals surface area contributed by atoms with E-state index in [1.807, 2.05) is 0 Å². The Morgan fingerprint density at radius 3 is 2.65 bits per heavy atom. The summed E-state index contributed by atoms with van der Waals surface area (Å²) in [5.74, 6) is -0.333. The average Bonchev–Trinajstić information content (AvgIpc) is 2.89. The monoisotopic (exact) mass is 283 g/mol. The lowest BCUT2D eigenvalue weighted by atomic mass is 10.2. The summed E-state index contributed by atoms with van der Waals surface area (Å²) >= 11 is 0. The first-order chi connectivity index (χ1) is 9.60. The number of esters is 1. The quantitative estimate of drug-likeness (QED) is 0.851. The molecule has 0 unspecified atom stereocenters. The molecule has 0 atom stereocenters. The van der Waals surface area contributed by atoms with Crippen molar-refractivity contribution >= 4 is 5.97 Å². The molecule has 0 radical (unpaired) electrons. The number of nitrogens with zero attached hydrogens (tertiary/aromatic N) is 2. The number of rotatable bonds is 5. The molecule has 0 amide bonds. The summed E-state index contributed by atoms with van der Waals surface area (Å²) in [7, 11) is 0. The van der Waals surface area contributed by atoms with Gasteiger partial charge in [-0.1, -0.05) is 0 Å². The molecule has 0 spiro atoms. The number of hydrogen-bond donors (Lipinski definition) is 1. The zero-order valence-electron chi connectivity index (χ0n) is 10.5. The lowest BCUT2D eigenvalue weighted by molar-refractivity contribution is -0.0498. The summed E-state index contributed by atoms with van der Waals surface area (Å²) in [6, 6.07) is 5.75. The van der Waals surface area contributed by atoms with Crippen molar-refractivity contribution in [1.82, 2.24) is 15.2 Å². The van der Waals surface area contributed by atoms with Crippen LogP contribution in [0.5, 0.6) is 5.75 Å². The van der Waals surface area contributed by atoms with Crippen LogP contribution in [-0.2, 0) is 4.74 Å². The summed E-state index contributed by atoms with van der Waals surface area (Å²) in [6.45, 7) is -0.967. The Morgan fingerprint density at radius 2 is 2.05 bits per heavy atom. The molecule has 0 saturated carbocycles. The highest BCUT2D eigenvalue weighted by Gasteiger charge is 2.14. The number of carbonyl (C=O) groups is 1. The van der Waals surface area contributed by atoms with Gasteiger partial charge in [0.2, 0.25) is 5.82 Å². The summed E-state index contributed by atoms with van der Waals surface area (Å²) < 4.78 is 33.0. The number of nitrogens with one attached hydrogen (secondary N) is 1. The van der Waals surface area contributed by atoms with E-state index in [0.717, 1.165) is 0 Å². The first-order valence-electron chi connectivity index (χ1n) is 5.75. The van der Waals surface area contributed by atoms with Crippen molar-refractivity contribution in [3.8, 4) is 17.1 Å².